The van der Waals surface area contributed by atoms with Gasteiger partial charge in [0.05, 0.1) is 37.3 Å². The molecule has 4 N–H and O–H groups in total. The topological polar surface area (TPSA) is 126 Å². The number of anilines is 4. The highest BCUT2D eigenvalue weighted by molar-refractivity contribution is 6.09. The van der Waals surface area contributed by atoms with Crippen LogP contribution in [0.15, 0.2) is 97.2 Å². The van der Waals surface area contributed by atoms with Gasteiger partial charge in [-0.15, -0.1) is 0 Å². The molecule has 2 heterocycles. The number of nitrogens with one attached hydrogen (secondary N) is 4. The molecule has 1 fully saturated rings. The normalized spacial score (nSPS) is 13.3. The summed E-state index contributed by atoms with van der Waals surface area (Å²) in [4.78, 5) is 33.8. The summed E-state index contributed by atoms with van der Waals surface area (Å²) in [5.74, 6) is 1.90. The van der Waals surface area contributed by atoms with Gasteiger partial charge in [0.2, 0.25) is 0 Å². The summed E-state index contributed by atoms with van der Waals surface area (Å²) in [5.41, 5.74) is 2.82. The number of nitrogens with zero attached hydrogens (tertiary/aromatic N) is 2. The van der Waals surface area contributed by atoms with Gasteiger partial charge in [0, 0.05) is 54.9 Å². The second kappa shape index (κ2) is 15.9. The summed E-state index contributed by atoms with van der Waals surface area (Å²) in [7, 11) is 1.50. The summed E-state index contributed by atoms with van der Waals surface area (Å²) >= 11 is 0. The Morgan fingerprint density at radius 2 is 1.59 bits per heavy atom. The van der Waals surface area contributed by atoms with E-state index < -0.39 is 6.03 Å². The van der Waals surface area contributed by atoms with Crippen molar-refractivity contribution in [2.24, 2.45) is 0 Å². The molecular weight excluding hydrogens is 644 g/mol. The van der Waals surface area contributed by atoms with Crippen LogP contribution in [0.5, 0.6) is 17.2 Å². The van der Waals surface area contributed by atoms with Crippen LogP contribution in [-0.2, 0) is 10.2 Å². The molecule has 0 bridgehead atoms. The molecule has 11 heteroatoms. The van der Waals surface area contributed by atoms with Gasteiger partial charge in [-0.25, -0.2) is 9.78 Å². The SMILES string of the molecule is COc1c(NC(=O)Nc2ccc(Oc3ccnc(Nc4ccccc4)c3)c3ccccc23)cc(C(C)(C)C)cc1C(=O)NCCN1CCOCC1. The molecule has 0 unspecified atom stereocenters. The number of amides is 3. The zero-order chi connectivity index (χ0) is 35.8. The standard InChI is InChI=1S/C40H44N6O5/c1-40(2,3)27-24-32(38(47)42-18-19-46-20-22-50-23-21-46)37(49-4)34(25-27)45-39(48)44-33-14-15-35(31-13-9-8-12-30(31)33)51-29-16-17-41-36(26-29)43-28-10-6-5-7-11-28/h5-17,24-26H,18-23H2,1-4H3,(H,41,43)(H,42,47)(H2,44,45,48). The predicted molar refractivity (Wildman–Crippen MR) is 202 cm³/mol. The van der Waals surface area contributed by atoms with E-state index in [9.17, 15) is 9.59 Å². The van der Waals surface area contributed by atoms with Crippen molar-refractivity contribution in [3.8, 4) is 17.2 Å². The average molecular weight is 689 g/mol. The van der Waals surface area contributed by atoms with E-state index in [2.05, 4.69) is 51.9 Å². The largest absolute Gasteiger partial charge is 0.494 e. The zero-order valence-electron chi connectivity index (χ0n) is 29.4. The maximum absolute atomic E-state index is 13.6. The minimum atomic E-state index is -0.484. The Labute approximate surface area is 298 Å². The van der Waals surface area contributed by atoms with Crippen molar-refractivity contribution in [2.75, 3.05) is 62.5 Å². The van der Waals surface area contributed by atoms with E-state index in [1.165, 1.54) is 7.11 Å². The fourth-order valence-corrected chi connectivity index (χ4v) is 5.88. The van der Waals surface area contributed by atoms with Gasteiger partial charge >= 0.3 is 6.03 Å². The zero-order valence-corrected chi connectivity index (χ0v) is 29.4. The Balaban J connectivity index is 1.20. The molecule has 1 aliphatic rings. The summed E-state index contributed by atoms with van der Waals surface area (Å²) in [6.45, 7) is 10.4. The van der Waals surface area contributed by atoms with E-state index >= 15 is 0 Å². The third-order valence-corrected chi connectivity index (χ3v) is 8.61. The molecule has 11 nitrogen and oxygen atoms in total. The van der Waals surface area contributed by atoms with Gasteiger partial charge in [0.15, 0.2) is 5.75 Å². The number of hydrogen-bond acceptors (Lipinski definition) is 8. The molecule has 0 spiro atoms. The quantitative estimate of drug-likeness (QED) is 0.111. The number of hydrogen-bond donors (Lipinski definition) is 4. The molecule has 0 aliphatic carbocycles. The summed E-state index contributed by atoms with van der Waals surface area (Å²) < 4.78 is 17.5. The Kier molecular flexibility index (Phi) is 11.0. The van der Waals surface area contributed by atoms with Gasteiger partial charge in [0.1, 0.15) is 17.3 Å². The first-order valence-corrected chi connectivity index (χ1v) is 17.0. The van der Waals surface area contributed by atoms with Crippen molar-refractivity contribution < 1.29 is 23.8 Å². The Bertz CT molecular complexity index is 1990. The number of carbonyl (C=O) groups excluding carboxylic acids is 2. The van der Waals surface area contributed by atoms with E-state index in [0.717, 1.165) is 41.7 Å². The Morgan fingerprint density at radius 3 is 2.33 bits per heavy atom. The molecule has 0 radical (unpaired) electrons. The summed E-state index contributed by atoms with van der Waals surface area (Å²) in [6.07, 6.45) is 1.69. The summed E-state index contributed by atoms with van der Waals surface area (Å²) in [5, 5.41) is 13.9. The number of benzene rings is 4. The van der Waals surface area contributed by atoms with Crippen molar-refractivity contribution in [3.63, 3.8) is 0 Å². The fraction of sp³-hybridized carbons (Fsp3) is 0.275. The molecule has 51 heavy (non-hydrogen) atoms. The lowest BCUT2D eigenvalue weighted by molar-refractivity contribution is 0.0383. The van der Waals surface area contributed by atoms with E-state index in [1.807, 2.05) is 78.9 Å². The highest BCUT2D eigenvalue weighted by Gasteiger charge is 2.24. The minimum absolute atomic E-state index is 0.270. The number of para-hydroxylation sites is 1. The predicted octanol–water partition coefficient (Wildman–Crippen LogP) is 7.78. The van der Waals surface area contributed by atoms with E-state index in [1.54, 1.807) is 18.3 Å². The maximum Gasteiger partial charge on any atom is 0.323 e. The Hall–Kier alpha value is -5.65. The van der Waals surface area contributed by atoms with Gasteiger partial charge < -0.3 is 35.5 Å². The number of methoxy groups -OCH3 is 1. The van der Waals surface area contributed by atoms with Crippen molar-refractivity contribution in [2.45, 2.75) is 26.2 Å². The highest BCUT2D eigenvalue weighted by Crippen LogP contribution is 2.37. The van der Waals surface area contributed by atoms with Gasteiger partial charge in [-0.05, 0) is 53.4 Å². The molecule has 1 aliphatic heterocycles. The Morgan fingerprint density at radius 1 is 0.863 bits per heavy atom. The van der Waals surface area contributed by atoms with Crippen LogP contribution in [0.3, 0.4) is 0 Å². The number of fused-ring (bicyclic) bond motifs is 1. The van der Waals surface area contributed by atoms with E-state index in [0.29, 0.717) is 54.0 Å². The monoisotopic (exact) mass is 688 g/mol. The highest BCUT2D eigenvalue weighted by atomic mass is 16.5. The second-order valence-corrected chi connectivity index (χ2v) is 13.3. The number of morpholine rings is 1. The first-order valence-electron chi connectivity index (χ1n) is 17.0. The fourth-order valence-electron chi connectivity index (χ4n) is 5.88. The van der Waals surface area contributed by atoms with Crippen molar-refractivity contribution in [3.05, 3.63) is 108 Å². The van der Waals surface area contributed by atoms with Crippen molar-refractivity contribution >= 4 is 45.6 Å². The van der Waals surface area contributed by atoms with Crippen LogP contribution in [-0.4, -0.2) is 68.3 Å². The smallest absolute Gasteiger partial charge is 0.323 e. The van der Waals surface area contributed by atoms with Gasteiger partial charge in [-0.2, -0.15) is 0 Å². The third kappa shape index (κ3) is 8.94. The average Bonchev–Trinajstić information content (AvgIpc) is 3.13. The van der Waals surface area contributed by atoms with Crippen LogP contribution in [0.25, 0.3) is 10.8 Å². The minimum Gasteiger partial charge on any atom is -0.494 e. The molecule has 1 aromatic heterocycles. The lowest BCUT2D eigenvalue weighted by Crippen LogP contribution is -2.41. The van der Waals surface area contributed by atoms with Crippen LogP contribution in [0.1, 0.15) is 36.7 Å². The molecule has 5 aromatic rings. The molecular formula is C40H44N6O5. The summed E-state index contributed by atoms with van der Waals surface area (Å²) in [6, 6.07) is 27.9. The van der Waals surface area contributed by atoms with Crippen LogP contribution in [0.4, 0.5) is 27.7 Å². The van der Waals surface area contributed by atoms with Crippen LogP contribution in [0.2, 0.25) is 0 Å². The number of aromatic nitrogens is 1. The number of urea groups is 1. The van der Waals surface area contributed by atoms with Crippen molar-refractivity contribution in [1.82, 2.24) is 15.2 Å². The lowest BCUT2D eigenvalue weighted by Gasteiger charge is -2.26. The molecule has 1 saturated heterocycles. The van der Waals surface area contributed by atoms with Crippen LogP contribution >= 0.6 is 0 Å². The van der Waals surface area contributed by atoms with E-state index in [-0.39, 0.29) is 17.1 Å². The molecule has 264 valence electrons. The number of ether oxygens (including phenoxy) is 3. The lowest BCUT2D eigenvalue weighted by atomic mass is 9.85. The third-order valence-electron chi connectivity index (χ3n) is 8.61. The second-order valence-electron chi connectivity index (χ2n) is 13.3. The molecule has 0 saturated carbocycles. The van der Waals surface area contributed by atoms with Crippen LogP contribution in [0, 0.1) is 0 Å². The molecule has 4 aromatic carbocycles. The van der Waals surface area contributed by atoms with Gasteiger partial charge in [0.25, 0.3) is 5.91 Å². The van der Waals surface area contributed by atoms with Gasteiger partial charge in [-0.1, -0.05) is 63.2 Å². The molecule has 3 amide bonds. The first-order chi connectivity index (χ1) is 24.7. The molecule has 6 rings (SSSR count). The number of carbonyl (C=O) groups is 2. The van der Waals surface area contributed by atoms with Crippen LogP contribution < -0.4 is 30.7 Å². The van der Waals surface area contributed by atoms with Crippen molar-refractivity contribution in [1.29, 1.82) is 0 Å². The van der Waals surface area contributed by atoms with E-state index in [4.69, 9.17) is 14.2 Å². The maximum atomic E-state index is 13.6. The van der Waals surface area contributed by atoms with Gasteiger partial charge in [-0.3, -0.25) is 9.69 Å². The first kappa shape index (κ1) is 35.2. The molecule has 0 atom stereocenters. The number of pyridine rings is 1. The number of rotatable bonds is 11.